The summed E-state index contributed by atoms with van der Waals surface area (Å²) in [5.41, 5.74) is 15.3. The molecule has 1 aromatic heterocycles. The first-order valence-corrected chi connectivity index (χ1v) is 9.80. The van der Waals surface area contributed by atoms with E-state index in [1.54, 1.807) is 11.5 Å². The van der Waals surface area contributed by atoms with E-state index in [0.29, 0.717) is 29.1 Å². The van der Waals surface area contributed by atoms with Gasteiger partial charge in [-0.3, -0.25) is 4.79 Å². The van der Waals surface area contributed by atoms with Crippen molar-refractivity contribution in [1.29, 1.82) is 0 Å². The molecule has 1 heterocycles. The Labute approximate surface area is 179 Å². The molecular weight excluding hydrogens is 410 g/mol. The monoisotopic (exact) mass is 439 g/mol. The Kier molecular flexibility index (Phi) is 9.31. The zero-order valence-corrected chi connectivity index (χ0v) is 17.6. The van der Waals surface area contributed by atoms with E-state index in [1.807, 2.05) is 0 Å². The van der Waals surface area contributed by atoms with Crippen LogP contribution in [0.15, 0.2) is 16.9 Å². The molecule has 0 aliphatic heterocycles. The van der Waals surface area contributed by atoms with Crippen molar-refractivity contribution in [2.24, 2.45) is 10.8 Å². The fraction of sp³-hybridized carbons (Fsp3) is 0.632. The lowest BCUT2D eigenvalue weighted by molar-refractivity contribution is -0.122. The minimum atomic E-state index is -1.18. The van der Waals surface area contributed by atoms with Gasteiger partial charge in [-0.25, -0.2) is 0 Å². The van der Waals surface area contributed by atoms with Crippen molar-refractivity contribution in [3.05, 3.63) is 44.8 Å². The second-order valence-corrected chi connectivity index (χ2v) is 6.90. The maximum Gasteiger partial charge on any atom is 0.240 e. The molecule has 0 bridgehead atoms. The standard InChI is InChI=1S/C19H29N5O7/c1-11-12(10-25)16-17(14(26)9-15(29-2)18(16)27)24(11)13(19(20)28)3-5-30-7-8-31-6-4-22-23-21/h9,13-14,18,25-27H,3-8,10H2,1-2H3,(H2,20,28). The molecule has 3 atom stereocenters. The molecule has 0 fully saturated rings. The number of primary amides is 1. The zero-order valence-electron chi connectivity index (χ0n) is 17.6. The van der Waals surface area contributed by atoms with Crippen LogP contribution in [-0.4, -0.2) is 65.9 Å². The third-order valence-electron chi connectivity index (χ3n) is 5.14. The predicted molar refractivity (Wildman–Crippen MR) is 109 cm³/mol. The Morgan fingerprint density at radius 1 is 1.32 bits per heavy atom. The van der Waals surface area contributed by atoms with Gasteiger partial charge in [0, 0.05) is 41.3 Å². The van der Waals surface area contributed by atoms with Crippen LogP contribution in [0.25, 0.3) is 10.4 Å². The van der Waals surface area contributed by atoms with Crippen LogP contribution in [0.2, 0.25) is 0 Å². The first-order chi connectivity index (χ1) is 14.9. The molecule has 0 saturated carbocycles. The number of nitrogens with two attached hydrogens (primary N) is 1. The molecule has 0 spiro atoms. The number of fused-ring (bicyclic) bond motifs is 1. The third kappa shape index (κ3) is 5.56. The second kappa shape index (κ2) is 11.7. The third-order valence-corrected chi connectivity index (χ3v) is 5.14. The van der Waals surface area contributed by atoms with Gasteiger partial charge in [0.15, 0.2) is 0 Å². The highest BCUT2D eigenvalue weighted by Gasteiger charge is 2.37. The van der Waals surface area contributed by atoms with E-state index < -0.39 is 30.8 Å². The van der Waals surface area contributed by atoms with Gasteiger partial charge in [-0.15, -0.1) is 0 Å². The zero-order chi connectivity index (χ0) is 23.0. The van der Waals surface area contributed by atoms with Crippen molar-refractivity contribution in [2.45, 2.75) is 38.2 Å². The number of hydrogen-bond donors (Lipinski definition) is 4. The molecule has 172 valence electrons. The van der Waals surface area contributed by atoms with Gasteiger partial charge < -0.3 is 39.8 Å². The minimum Gasteiger partial charge on any atom is -0.498 e. The van der Waals surface area contributed by atoms with Crippen LogP contribution >= 0.6 is 0 Å². The molecule has 0 radical (unpaired) electrons. The summed E-state index contributed by atoms with van der Waals surface area (Å²) in [5, 5.41) is 34.5. The Hall–Kier alpha value is -2.60. The Bertz CT molecular complexity index is 847. The lowest BCUT2D eigenvalue weighted by Crippen LogP contribution is -2.31. The first-order valence-electron chi connectivity index (χ1n) is 9.80. The summed E-state index contributed by atoms with van der Waals surface area (Å²) in [7, 11) is 1.37. The van der Waals surface area contributed by atoms with E-state index in [-0.39, 0.29) is 38.5 Å². The lowest BCUT2D eigenvalue weighted by Gasteiger charge is -2.27. The number of hydrogen-bond acceptors (Lipinski definition) is 8. The molecule has 12 nitrogen and oxygen atoms in total. The largest absolute Gasteiger partial charge is 0.498 e. The SMILES string of the molecule is COC1=CC(O)c2c(c(CO)c(C)n2C(CCOCCOCCN=[N+]=[N-])C(N)=O)C1O. The summed E-state index contributed by atoms with van der Waals surface area (Å²) in [6.45, 7) is 2.57. The number of azide groups is 1. The highest BCUT2D eigenvalue weighted by Crippen LogP contribution is 2.42. The Morgan fingerprint density at radius 3 is 2.58 bits per heavy atom. The first kappa shape index (κ1) is 24.7. The van der Waals surface area contributed by atoms with E-state index in [0.717, 1.165) is 0 Å². The number of rotatable bonds is 13. The summed E-state index contributed by atoms with van der Waals surface area (Å²) in [4.78, 5) is 14.9. The van der Waals surface area contributed by atoms with E-state index in [2.05, 4.69) is 10.0 Å². The van der Waals surface area contributed by atoms with Crippen LogP contribution in [0.5, 0.6) is 0 Å². The number of nitrogens with zero attached hydrogens (tertiary/aromatic N) is 4. The number of carbonyl (C=O) groups is 1. The van der Waals surface area contributed by atoms with E-state index in [9.17, 15) is 20.1 Å². The topological polar surface area (TPSA) is 185 Å². The van der Waals surface area contributed by atoms with E-state index >= 15 is 0 Å². The lowest BCUT2D eigenvalue weighted by atomic mass is 9.94. The molecule has 2 rings (SSSR count). The highest BCUT2D eigenvalue weighted by molar-refractivity contribution is 5.79. The average Bonchev–Trinajstić information content (AvgIpc) is 3.04. The van der Waals surface area contributed by atoms with Crippen LogP contribution in [0.3, 0.4) is 0 Å². The van der Waals surface area contributed by atoms with Crippen molar-refractivity contribution in [1.82, 2.24) is 4.57 Å². The Balaban J connectivity index is 2.14. The maximum atomic E-state index is 12.2. The molecule has 1 aliphatic carbocycles. The van der Waals surface area contributed by atoms with Crippen LogP contribution in [-0.2, 0) is 25.6 Å². The molecule has 0 saturated heterocycles. The van der Waals surface area contributed by atoms with Gasteiger partial charge in [-0.1, -0.05) is 5.11 Å². The summed E-state index contributed by atoms with van der Waals surface area (Å²) in [6, 6.07) is -0.862. The molecule has 1 aliphatic rings. The van der Waals surface area contributed by atoms with E-state index in [1.165, 1.54) is 13.2 Å². The number of aliphatic hydroxyl groups is 3. The van der Waals surface area contributed by atoms with Crippen molar-refractivity contribution in [3.63, 3.8) is 0 Å². The smallest absolute Gasteiger partial charge is 0.240 e. The molecule has 12 heteroatoms. The molecule has 1 amide bonds. The van der Waals surface area contributed by atoms with Crippen molar-refractivity contribution in [2.75, 3.05) is 40.1 Å². The Morgan fingerprint density at radius 2 is 2.00 bits per heavy atom. The van der Waals surface area contributed by atoms with Gasteiger partial charge in [0.25, 0.3) is 0 Å². The fourth-order valence-electron chi connectivity index (χ4n) is 3.73. The average molecular weight is 439 g/mol. The number of carbonyl (C=O) groups excluding carboxylic acids is 1. The van der Waals surface area contributed by atoms with Crippen LogP contribution in [0, 0.1) is 6.92 Å². The summed E-state index contributed by atoms with van der Waals surface area (Å²) in [6.07, 6.45) is -0.769. The minimum absolute atomic E-state index is 0.159. The molecule has 5 N–H and O–H groups in total. The normalized spacial score (nSPS) is 18.7. The quantitative estimate of drug-likeness (QED) is 0.150. The molecule has 1 aromatic rings. The summed E-state index contributed by atoms with van der Waals surface area (Å²) < 4.78 is 17.4. The van der Waals surface area contributed by atoms with Crippen LogP contribution < -0.4 is 5.73 Å². The summed E-state index contributed by atoms with van der Waals surface area (Å²) >= 11 is 0. The van der Waals surface area contributed by atoms with Crippen molar-refractivity contribution < 1.29 is 34.3 Å². The molecular formula is C19H29N5O7. The summed E-state index contributed by atoms with van der Waals surface area (Å²) in [5.74, 6) is -0.478. The predicted octanol–water partition coefficient (Wildman–Crippen LogP) is 0.660. The molecule has 0 aromatic carbocycles. The fourth-order valence-corrected chi connectivity index (χ4v) is 3.73. The van der Waals surface area contributed by atoms with Gasteiger partial charge >= 0.3 is 0 Å². The van der Waals surface area contributed by atoms with Crippen LogP contribution in [0.1, 0.15) is 47.2 Å². The van der Waals surface area contributed by atoms with Crippen molar-refractivity contribution in [3.8, 4) is 0 Å². The van der Waals surface area contributed by atoms with Gasteiger partial charge in [-0.05, 0) is 18.5 Å². The number of ether oxygens (including phenoxy) is 3. The van der Waals surface area contributed by atoms with Gasteiger partial charge in [-0.2, -0.15) is 0 Å². The van der Waals surface area contributed by atoms with Gasteiger partial charge in [0.2, 0.25) is 5.91 Å². The van der Waals surface area contributed by atoms with Gasteiger partial charge in [0.1, 0.15) is 24.0 Å². The highest BCUT2D eigenvalue weighted by atomic mass is 16.5. The molecule has 31 heavy (non-hydrogen) atoms. The van der Waals surface area contributed by atoms with Crippen LogP contribution in [0.4, 0.5) is 0 Å². The number of aliphatic hydroxyl groups excluding tert-OH is 3. The van der Waals surface area contributed by atoms with Crippen molar-refractivity contribution >= 4 is 5.91 Å². The number of methoxy groups -OCH3 is 1. The maximum absolute atomic E-state index is 12.2. The number of aromatic nitrogens is 1. The van der Waals surface area contributed by atoms with E-state index in [4.69, 9.17) is 25.5 Å². The second-order valence-electron chi connectivity index (χ2n) is 6.90. The van der Waals surface area contributed by atoms with Gasteiger partial charge in [0.05, 0.1) is 39.2 Å². The number of amides is 1. The molecule has 3 unspecified atom stereocenters.